The molecule has 2 atom stereocenters. The maximum atomic E-state index is 12.5. The van der Waals surface area contributed by atoms with E-state index in [1.54, 1.807) is 0 Å². The second-order valence-corrected chi connectivity index (χ2v) is 7.39. The van der Waals surface area contributed by atoms with Crippen LogP contribution in [0.15, 0.2) is 24.3 Å². The molecule has 7 heteroatoms. The molecule has 2 aromatic rings. The zero-order valence-electron chi connectivity index (χ0n) is 17.0. The van der Waals surface area contributed by atoms with Gasteiger partial charge in [-0.25, -0.2) is 4.68 Å². The zero-order valence-corrected chi connectivity index (χ0v) is 17.0. The van der Waals surface area contributed by atoms with E-state index >= 15 is 0 Å². The lowest BCUT2D eigenvalue weighted by atomic mass is 10.1. The molecule has 2 amide bonds. The van der Waals surface area contributed by atoms with Gasteiger partial charge in [-0.3, -0.25) is 14.9 Å². The summed E-state index contributed by atoms with van der Waals surface area (Å²) in [5.74, 6) is 0.00415. The van der Waals surface area contributed by atoms with E-state index in [4.69, 9.17) is 0 Å². The van der Waals surface area contributed by atoms with E-state index in [1.165, 1.54) is 0 Å². The lowest BCUT2D eigenvalue weighted by Gasteiger charge is -2.30. The van der Waals surface area contributed by atoms with Crippen LogP contribution in [0.3, 0.4) is 0 Å². The van der Waals surface area contributed by atoms with Crippen LogP contribution < -0.4 is 16.0 Å². The number of hydrogen-bond acceptors (Lipinski definition) is 4. The van der Waals surface area contributed by atoms with E-state index in [-0.39, 0.29) is 24.1 Å². The summed E-state index contributed by atoms with van der Waals surface area (Å²) in [6.07, 6.45) is 1.97. The maximum absolute atomic E-state index is 12.5. The van der Waals surface area contributed by atoms with Crippen molar-refractivity contribution in [3.8, 4) is 0 Å². The average molecular weight is 383 g/mol. The van der Waals surface area contributed by atoms with Crippen LogP contribution >= 0.6 is 0 Å². The van der Waals surface area contributed by atoms with E-state index < -0.39 is 0 Å². The van der Waals surface area contributed by atoms with Crippen LogP contribution in [-0.2, 0) is 22.4 Å². The molecule has 1 aromatic heterocycles. The minimum atomic E-state index is -0.353. The van der Waals surface area contributed by atoms with Crippen molar-refractivity contribution in [1.29, 1.82) is 0 Å². The molecule has 7 nitrogen and oxygen atoms in total. The fourth-order valence-corrected chi connectivity index (χ4v) is 3.70. The first-order chi connectivity index (χ1) is 13.4. The molecule has 3 rings (SSSR count). The Bertz CT molecular complexity index is 874. The third-order valence-electron chi connectivity index (χ3n) is 5.23. The monoisotopic (exact) mass is 383 g/mol. The number of amides is 2. The minimum Gasteiger partial charge on any atom is -0.326 e. The molecule has 1 aromatic carbocycles. The normalized spacial score (nSPS) is 19.4. The molecule has 0 bridgehead atoms. The smallest absolute Gasteiger partial charge is 0.224 e. The quantitative estimate of drug-likeness (QED) is 0.715. The Morgan fingerprint density at radius 3 is 2.79 bits per heavy atom. The van der Waals surface area contributed by atoms with Crippen LogP contribution in [0.1, 0.15) is 55.5 Å². The Morgan fingerprint density at radius 1 is 1.32 bits per heavy atom. The van der Waals surface area contributed by atoms with Gasteiger partial charge in [-0.05, 0) is 50.8 Å². The fourth-order valence-electron chi connectivity index (χ4n) is 3.70. The molecule has 1 aliphatic heterocycles. The van der Waals surface area contributed by atoms with Crippen molar-refractivity contribution in [2.24, 2.45) is 0 Å². The standard InChI is InChI=1S/C21H29N5O2/c1-5-16-8-6-7-9-18(16)23-19(27)11-10-17-14(3)25-26(15(17)4)21-22-13(2)12-20(28)24-21/h6-9,13,21-22H,5,10-12H2,1-4H3,(H,23,27)(H,24,28). The number of aryl methyl sites for hydroxylation is 2. The third kappa shape index (κ3) is 4.42. The molecule has 2 unspecified atom stereocenters. The second kappa shape index (κ2) is 8.56. The fraction of sp³-hybridized carbons (Fsp3) is 0.476. The van der Waals surface area contributed by atoms with Crippen LogP contribution in [0, 0.1) is 13.8 Å². The topological polar surface area (TPSA) is 88.1 Å². The molecule has 2 heterocycles. The summed E-state index contributed by atoms with van der Waals surface area (Å²) in [5.41, 5.74) is 4.90. The number of para-hydroxylation sites is 1. The highest BCUT2D eigenvalue weighted by Crippen LogP contribution is 2.20. The summed E-state index contributed by atoms with van der Waals surface area (Å²) in [6, 6.07) is 7.97. The molecule has 1 aliphatic rings. The van der Waals surface area contributed by atoms with Crippen LogP contribution in [0.4, 0.5) is 5.69 Å². The largest absolute Gasteiger partial charge is 0.326 e. The molecule has 28 heavy (non-hydrogen) atoms. The number of rotatable bonds is 6. The number of aromatic nitrogens is 2. The van der Waals surface area contributed by atoms with Crippen molar-refractivity contribution in [2.45, 2.75) is 65.7 Å². The Balaban J connectivity index is 1.67. The van der Waals surface area contributed by atoms with Gasteiger partial charge in [-0.1, -0.05) is 25.1 Å². The van der Waals surface area contributed by atoms with Crippen molar-refractivity contribution in [3.05, 3.63) is 46.8 Å². The van der Waals surface area contributed by atoms with E-state index in [9.17, 15) is 9.59 Å². The van der Waals surface area contributed by atoms with Gasteiger partial charge in [-0.15, -0.1) is 0 Å². The molecule has 1 fully saturated rings. The Hall–Kier alpha value is -2.67. The summed E-state index contributed by atoms with van der Waals surface area (Å²) in [5, 5.41) is 13.9. The number of carbonyl (C=O) groups excluding carboxylic acids is 2. The molecule has 0 aliphatic carbocycles. The van der Waals surface area contributed by atoms with Crippen molar-refractivity contribution in [3.63, 3.8) is 0 Å². The van der Waals surface area contributed by atoms with Crippen molar-refractivity contribution in [1.82, 2.24) is 20.4 Å². The van der Waals surface area contributed by atoms with Gasteiger partial charge in [0.1, 0.15) is 0 Å². The Morgan fingerprint density at radius 2 is 2.07 bits per heavy atom. The van der Waals surface area contributed by atoms with Gasteiger partial charge < -0.3 is 10.6 Å². The molecule has 3 N–H and O–H groups in total. The first-order valence-corrected chi connectivity index (χ1v) is 9.86. The molecule has 150 valence electrons. The van der Waals surface area contributed by atoms with E-state index in [1.807, 2.05) is 49.7 Å². The highest BCUT2D eigenvalue weighted by atomic mass is 16.2. The molecular formula is C21H29N5O2. The first-order valence-electron chi connectivity index (χ1n) is 9.86. The van der Waals surface area contributed by atoms with E-state index in [0.29, 0.717) is 19.3 Å². The van der Waals surface area contributed by atoms with Crippen molar-refractivity contribution < 1.29 is 9.59 Å². The summed E-state index contributed by atoms with van der Waals surface area (Å²) in [6.45, 7) is 7.98. The third-order valence-corrected chi connectivity index (χ3v) is 5.23. The number of benzene rings is 1. The number of anilines is 1. The average Bonchev–Trinajstić information content (AvgIpc) is 2.93. The van der Waals surface area contributed by atoms with Crippen LogP contribution in [0.25, 0.3) is 0 Å². The highest BCUT2D eigenvalue weighted by Gasteiger charge is 2.27. The summed E-state index contributed by atoms with van der Waals surface area (Å²) < 4.78 is 1.81. The van der Waals surface area contributed by atoms with Crippen LogP contribution in [-0.4, -0.2) is 27.6 Å². The van der Waals surface area contributed by atoms with Gasteiger partial charge in [0.25, 0.3) is 0 Å². The predicted octanol–water partition coefficient (Wildman–Crippen LogP) is 2.59. The Labute approximate surface area is 165 Å². The number of hydrogen-bond donors (Lipinski definition) is 3. The lowest BCUT2D eigenvalue weighted by molar-refractivity contribution is -0.125. The number of nitrogens with zero attached hydrogens (tertiary/aromatic N) is 2. The van der Waals surface area contributed by atoms with Gasteiger partial charge in [-0.2, -0.15) is 5.10 Å². The Kier molecular flexibility index (Phi) is 6.14. The van der Waals surface area contributed by atoms with Crippen LogP contribution in [0.5, 0.6) is 0 Å². The highest BCUT2D eigenvalue weighted by molar-refractivity contribution is 5.91. The van der Waals surface area contributed by atoms with Gasteiger partial charge >= 0.3 is 0 Å². The molecule has 0 radical (unpaired) electrons. The van der Waals surface area contributed by atoms with Crippen molar-refractivity contribution in [2.75, 3.05) is 5.32 Å². The summed E-state index contributed by atoms with van der Waals surface area (Å²) in [4.78, 5) is 24.3. The van der Waals surface area contributed by atoms with Gasteiger partial charge in [0.15, 0.2) is 6.29 Å². The summed E-state index contributed by atoms with van der Waals surface area (Å²) in [7, 11) is 0. The van der Waals surface area contributed by atoms with Gasteiger partial charge in [0, 0.05) is 30.3 Å². The van der Waals surface area contributed by atoms with E-state index in [2.05, 4.69) is 28.0 Å². The SMILES string of the molecule is CCc1ccccc1NC(=O)CCc1c(C)nn(C2NC(=O)CC(C)N2)c1C. The zero-order chi connectivity index (χ0) is 20.3. The molecule has 0 saturated carbocycles. The predicted molar refractivity (Wildman–Crippen MR) is 109 cm³/mol. The number of carbonyl (C=O) groups is 2. The van der Waals surface area contributed by atoms with Crippen LogP contribution in [0.2, 0.25) is 0 Å². The number of nitrogens with one attached hydrogen (secondary N) is 3. The molecule has 1 saturated heterocycles. The maximum Gasteiger partial charge on any atom is 0.224 e. The van der Waals surface area contributed by atoms with Gasteiger partial charge in [0.05, 0.1) is 5.69 Å². The first kappa shape index (κ1) is 20.1. The van der Waals surface area contributed by atoms with Crippen molar-refractivity contribution >= 4 is 17.5 Å². The van der Waals surface area contributed by atoms with E-state index in [0.717, 1.165) is 34.6 Å². The van der Waals surface area contributed by atoms with Gasteiger partial charge in [0.2, 0.25) is 11.8 Å². The summed E-state index contributed by atoms with van der Waals surface area (Å²) >= 11 is 0. The lowest BCUT2D eigenvalue weighted by Crippen LogP contribution is -2.52. The second-order valence-electron chi connectivity index (χ2n) is 7.39. The molecular weight excluding hydrogens is 354 g/mol. The minimum absolute atomic E-state index is 0.00911. The molecule has 0 spiro atoms.